The molecule has 1 aliphatic heterocycles. The highest BCUT2D eigenvalue weighted by Gasteiger charge is 2.37. The van der Waals surface area contributed by atoms with Gasteiger partial charge in [-0.05, 0) is 33.6 Å². The van der Waals surface area contributed by atoms with Crippen molar-refractivity contribution in [3.05, 3.63) is 0 Å². The lowest BCUT2D eigenvalue weighted by atomic mass is 9.88. The number of carbonyl (C=O) groups excluding carboxylic acids is 2. The van der Waals surface area contributed by atoms with E-state index in [0.29, 0.717) is 25.9 Å². The van der Waals surface area contributed by atoms with Crippen LogP contribution in [-0.2, 0) is 14.3 Å². The molecule has 0 aromatic carbocycles. The van der Waals surface area contributed by atoms with E-state index in [9.17, 15) is 14.7 Å². The van der Waals surface area contributed by atoms with Crippen molar-refractivity contribution in [2.24, 2.45) is 0 Å². The molecule has 1 amide bonds. The van der Waals surface area contributed by atoms with Crippen LogP contribution in [0.2, 0.25) is 0 Å². The standard InChI is InChI=1S/C13H23NO5/c1-12(2,3)19-11(16)14-7-5-13(17,6-8-14)9-10(15)18-4/h17H,5-9H2,1-4H3. The van der Waals surface area contributed by atoms with Crippen LogP contribution < -0.4 is 0 Å². The average Bonchev–Trinajstić information content (AvgIpc) is 2.26. The Morgan fingerprint density at radius 3 is 2.21 bits per heavy atom. The van der Waals surface area contributed by atoms with Crippen LogP contribution in [0.25, 0.3) is 0 Å². The Morgan fingerprint density at radius 2 is 1.79 bits per heavy atom. The fourth-order valence-electron chi connectivity index (χ4n) is 1.95. The van der Waals surface area contributed by atoms with E-state index in [4.69, 9.17) is 4.74 Å². The van der Waals surface area contributed by atoms with Crippen molar-refractivity contribution in [1.29, 1.82) is 0 Å². The van der Waals surface area contributed by atoms with Gasteiger partial charge in [-0.25, -0.2) is 4.79 Å². The zero-order chi connectivity index (χ0) is 14.7. The lowest BCUT2D eigenvalue weighted by Gasteiger charge is -2.38. The minimum atomic E-state index is -1.08. The molecule has 0 atom stereocenters. The molecule has 110 valence electrons. The number of methoxy groups -OCH3 is 1. The summed E-state index contributed by atoms with van der Waals surface area (Å²) in [5.41, 5.74) is -1.61. The SMILES string of the molecule is COC(=O)CC1(O)CCN(C(=O)OC(C)(C)C)CC1. The Morgan fingerprint density at radius 1 is 1.26 bits per heavy atom. The molecule has 0 bridgehead atoms. The summed E-state index contributed by atoms with van der Waals surface area (Å²) in [6, 6.07) is 0. The molecule has 0 saturated carbocycles. The number of carbonyl (C=O) groups is 2. The van der Waals surface area contributed by atoms with Crippen molar-refractivity contribution in [3.63, 3.8) is 0 Å². The van der Waals surface area contributed by atoms with Gasteiger partial charge in [0.15, 0.2) is 0 Å². The summed E-state index contributed by atoms with van der Waals surface area (Å²) in [6.07, 6.45) is 0.279. The number of nitrogens with zero attached hydrogens (tertiary/aromatic N) is 1. The number of hydrogen-bond acceptors (Lipinski definition) is 5. The molecule has 0 radical (unpaired) electrons. The van der Waals surface area contributed by atoms with Gasteiger partial charge in [0.05, 0.1) is 19.1 Å². The largest absolute Gasteiger partial charge is 0.469 e. The molecular weight excluding hydrogens is 250 g/mol. The second-order valence-electron chi connectivity index (χ2n) is 5.94. The van der Waals surface area contributed by atoms with Gasteiger partial charge in [0.1, 0.15) is 5.60 Å². The molecule has 1 heterocycles. The average molecular weight is 273 g/mol. The first kappa shape index (κ1) is 15.8. The Kier molecular flexibility index (Phi) is 4.79. The molecule has 1 saturated heterocycles. The van der Waals surface area contributed by atoms with E-state index in [2.05, 4.69) is 4.74 Å². The van der Waals surface area contributed by atoms with E-state index in [-0.39, 0.29) is 12.5 Å². The normalized spacial score (nSPS) is 18.9. The van der Waals surface area contributed by atoms with Gasteiger partial charge in [-0.2, -0.15) is 0 Å². The van der Waals surface area contributed by atoms with Crippen molar-refractivity contribution >= 4 is 12.1 Å². The van der Waals surface area contributed by atoms with Gasteiger partial charge in [-0.3, -0.25) is 4.79 Å². The van der Waals surface area contributed by atoms with Crippen molar-refractivity contribution in [2.45, 2.75) is 51.2 Å². The predicted molar refractivity (Wildman–Crippen MR) is 68.6 cm³/mol. The number of aliphatic hydroxyl groups is 1. The molecule has 19 heavy (non-hydrogen) atoms. The fourth-order valence-corrected chi connectivity index (χ4v) is 1.95. The number of ether oxygens (including phenoxy) is 2. The summed E-state index contributed by atoms with van der Waals surface area (Å²) >= 11 is 0. The molecule has 0 aliphatic carbocycles. The first-order valence-electron chi connectivity index (χ1n) is 6.42. The number of likely N-dealkylation sites (tertiary alicyclic amines) is 1. The highest BCUT2D eigenvalue weighted by molar-refractivity contribution is 5.71. The molecule has 6 nitrogen and oxygen atoms in total. The third kappa shape index (κ3) is 5.06. The summed E-state index contributed by atoms with van der Waals surface area (Å²) in [4.78, 5) is 24.6. The first-order chi connectivity index (χ1) is 8.65. The third-order valence-electron chi connectivity index (χ3n) is 3.05. The Hall–Kier alpha value is -1.30. The summed E-state index contributed by atoms with van der Waals surface area (Å²) in [5.74, 6) is -0.437. The number of rotatable bonds is 2. The Balaban J connectivity index is 2.48. The molecule has 1 rings (SSSR count). The fraction of sp³-hybridized carbons (Fsp3) is 0.846. The van der Waals surface area contributed by atoms with E-state index in [0.717, 1.165) is 0 Å². The molecule has 6 heteroatoms. The number of piperidine rings is 1. The van der Waals surface area contributed by atoms with Gasteiger partial charge < -0.3 is 19.5 Å². The topological polar surface area (TPSA) is 76.1 Å². The summed E-state index contributed by atoms with van der Waals surface area (Å²) in [5, 5.41) is 10.2. The van der Waals surface area contributed by atoms with E-state index >= 15 is 0 Å². The lowest BCUT2D eigenvalue weighted by Crippen LogP contribution is -2.48. The molecule has 0 aromatic heterocycles. The van der Waals surface area contributed by atoms with Gasteiger partial charge in [-0.15, -0.1) is 0 Å². The maximum Gasteiger partial charge on any atom is 0.410 e. The minimum absolute atomic E-state index is 0.0361. The van der Waals surface area contributed by atoms with Crippen LogP contribution in [0.3, 0.4) is 0 Å². The van der Waals surface area contributed by atoms with Gasteiger partial charge in [0.25, 0.3) is 0 Å². The Bertz CT molecular complexity index is 339. The van der Waals surface area contributed by atoms with E-state index in [1.807, 2.05) is 20.8 Å². The maximum absolute atomic E-state index is 11.8. The molecule has 0 aromatic rings. The van der Waals surface area contributed by atoms with E-state index in [1.54, 1.807) is 4.90 Å². The van der Waals surface area contributed by atoms with Crippen molar-refractivity contribution < 1.29 is 24.2 Å². The van der Waals surface area contributed by atoms with E-state index in [1.165, 1.54) is 7.11 Å². The molecule has 1 N–H and O–H groups in total. The number of hydrogen-bond donors (Lipinski definition) is 1. The van der Waals surface area contributed by atoms with Crippen LogP contribution in [0.15, 0.2) is 0 Å². The molecule has 0 unspecified atom stereocenters. The van der Waals surface area contributed by atoms with Crippen LogP contribution >= 0.6 is 0 Å². The highest BCUT2D eigenvalue weighted by Crippen LogP contribution is 2.26. The second kappa shape index (κ2) is 5.77. The van der Waals surface area contributed by atoms with Crippen LogP contribution in [0.4, 0.5) is 4.79 Å². The van der Waals surface area contributed by atoms with Crippen LogP contribution in [-0.4, -0.2) is 53.5 Å². The van der Waals surface area contributed by atoms with Crippen LogP contribution in [0.1, 0.15) is 40.0 Å². The summed E-state index contributed by atoms with van der Waals surface area (Å²) in [6.45, 7) is 6.18. The molecule has 0 spiro atoms. The van der Waals surface area contributed by atoms with Crippen molar-refractivity contribution in [1.82, 2.24) is 4.90 Å². The molecule has 1 fully saturated rings. The second-order valence-corrected chi connectivity index (χ2v) is 5.94. The third-order valence-corrected chi connectivity index (χ3v) is 3.05. The zero-order valence-electron chi connectivity index (χ0n) is 12.1. The van der Waals surface area contributed by atoms with Crippen LogP contribution in [0, 0.1) is 0 Å². The highest BCUT2D eigenvalue weighted by atomic mass is 16.6. The van der Waals surface area contributed by atoms with Crippen molar-refractivity contribution in [3.8, 4) is 0 Å². The van der Waals surface area contributed by atoms with Gasteiger partial charge in [0.2, 0.25) is 0 Å². The van der Waals surface area contributed by atoms with E-state index < -0.39 is 17.2 Å². The Labute approximate surface area is 113 Å². The first-order valence-corrected chi connectivity index (χ1v) is 6.42. The molecule has 1 aliphatic rings. The van der Waals surface area contributed by atoms with Gasteiger partial charge >= 0.3 is 12.1 Å². The maximum atomic E-state index is 11.8. The van der Waals surface area contributed by atoms with Crippen LogP contribution in [0.5, 0.6) is 0 Å². The van der Waals surface area contributed by atoms with Gasteiger partial charge in [-0.1, -0.05) is 0 Å². The summed E-state index contributed by atoms with van der Waals surface area (Å²) in [7, 11) is 1.29. The van der Waals surface area contributed by atoms with Gasteiger partial charge in [0, 0.05) is 13.1 Å². The lowest BCUT2D eigenvalue weighted by molar-refractivity contribution is -0.148. The monoisotopic (exact) mass is 273 g/mol. The minimum Gasteiger partial charge on any atom is -0.469 e. The predicted octanol–water partition coefficient (Wildman–Crippen LogP) is 1.31. The zero-order valence-corrected chi connectivity index (χ0v) is 12.1. The number of esters is 1. The molecular formula is C13H23NO5. The van der Waals surface area contributed by atoms with Crippen molar-refractivity contribution in [2.75, 3.05) is 20.2 Å². The number of amides is 1. The smallest absolute Gasteiger partial charge is 0.410 e. The summed E-state index contributed by atoms with van der Waals surface area (Å²) < 4.78 is 9.82. The quantitative estimate of drug-likeness (QED) is 0.768.